The van der Waals surface area contributed by atoms with Crippen molar-refractivity contribution in [1.29, 1.82) is 0 Å². The minimum atomic E-state index is 0.754. The molecular weight excluding hydrogens is 799 g/mol. The summed E-state index contributed by atoms with van der Waals surface area (Å²) in [6.07, 6.45) is 6.19. The maximum absolute atomic E-state index is 6.48. The predicted octanol–water partition coefficient (Wildman–Crippen LogP) is 18.3. The van der Waals surface area contributed by atoms with Crippen LogP contribution in [0.1, 0.15) is 16.9 Å². The van der Waals surface area contributed by atoms with E-state index >= 15 is 0 Å². The SMILES string of the molecule is C=Cc1oc2c(ccc3ccccc32)c1/C=C/c1ccccc1N(c1ccc(-c2ccc(-c3cccc4ccccc34)cc2)cc1)c1ccc(-c2cc3ccccc3c3ccccc23)cc1. The molecule has 0 saturated heterocycles. The molecule has 0 aliphatic heterocycles. The van der Waals surface area contributed by atoms with Crippen LogP contribution in [0, 0.1) is 0 Å². The first-order chi connectivity index (χ1) is 32.7. The summed E-state index contributed by atoms with van der Waals surface area (Å²) < 4.78 is 6.48. The molecule has 11 aromatic carbocycles. The molecule has 12 rings (SSSR count). The molecule has 310 valence electrons. The van der Waals surface area contributed by atoms with E-state index in [1.54, 1.807) is 0 Å². The van der Waals surface area contributed by atoms with Crippen LogP contribution in [0.25, 0.3) is 106 Å². The summed E-state index contributed by atoms with van der Waals surface area (Å²) in [4.78, 5) is 2.37. The van der Waals surface area contributed by atoms with Crippen molar-refractivity contribution in [3.8, 4) is 33.4 Å². The number of fused-ring (bicyclic) bond motifs is 7. The van der Waals surface area contributed by atoms with Crippen LogP contribution in [0.4, 0.5) is 17.1 Å². The second-order valence-corrected chi connectivity index (χ2v) is 16.9. The molecular formula is C64H43NO. The Hall–Kier alpha value is -8.72. The van der Waals surface area contributed by atoms with Gasteiger partial charge >= 0.3 is 0 Å². The Morgan fingerprint density at radius 1 is 0.364 bits per heavy atom. The van der Waals surface area contributed by atoms with E-state index in [-0.39, 0.29) is 0 Å². The summed E-state index contributed by atoms with van der Waals surface area (Å²) in [7, 11) is 0. The second kappa shape index (κ2) is 16.4. The zero-order chi connectivity index (χ0) is 44.0. The molecule has 0 unspecified atom stereocenters. The van der Waals surface area contributed by atoms with Gasteiger partial charge in [0.2, 0.25) is 0 Å². The first kappa shape index (κ1) is 38.9. The van der Waals surface area contributed by atoms with Gasteiger partial charge in [0.25, 0.3) is 0 Å². The Labute approximate surface area is 384 Å². The molecule has 0 aliphatic rings. The molecule has 2 heteroatoms. The van der Waals surface area contributed by atoms with Gasteiger partial charge in [-0.15, -0.1) is 0 Å². The quantitative estimate of drug-likeness (QED) is 0.135. The summed E-state index contributed by atoms with van der Waals surface area (Å²) in [5, 5.41) is 10.8. The van der Waals surface area contributed by atoms with Gasteiger partial charge < -0.3 is 9.32 Å². The van der Waals surface area contributed by atoms with Crippen LogP contribution in [0.2, 0.25) is 0 Å². The average molecular weight is 842 g/mol. The third-order valence-electron chi connectivity index (χ3n) is 13.1. The monoisotopic (exact) mass is 841 g/mol. The number of furan rings is 1. The molecule has 0 atom stereocenters. The Balaban J connectivity index is 0.948. The Morgan fingerprint density at radius 3 is 1.62 bits per heavy atom. The van der Waals surface area contributed by atoms with Crippen molar-refractivity contribution >= 4 is 89.3 Å². The lowest BCUT2D eigenvalue weighted by Gasteiger charge is -2.27. The Morgan fingerprint density at radius 2 is 0.894 bits per heavy atom. The molecule has 12 aromatic rings. The molecule has 0 N–H and O–H groups in total. The Kier molecular flexibility index (Phi) is 9.69. The van der Waals surface area contributed by atoms with Gasteiger partial charge in [-0.05, 0) is 131 Å². The third kappa shape index (κ3) is 6.84. The van der Waals surface area contributed by atoms with E-state index in [2.05, 4.69) is 254 Å². The molecule has 0 spiro atoms. The van der Waals surface area contributed by atoms with Crippen molar-refractivity contribution in [3.63, 3.8) is 0 Å². The van der Waals surface area contributed by atoms with Crippen LogP contribution >= 0.6 is 0 Å². The van der Waals surface area contributed by atoms with Gasteiger partial charge in [0.1, 0.15) is 11.3 Å². The predicted molar refractivity (Wildman–Crippen MR) is 283 cm³/mol. The number of nitrogens with zero attached hydrogens (tertiary/aromatic N) is 1. The Bertz CT molecular complexity index is 3810. The van der Waals surface area contributed by atoms with Crippen LogP contribution in [0.15, 0.2) is 242 Å². The fraction of sp³-hybridized carbons (Fsp3) is 0. The summed E-state index contributed by atoms with van der Waals surface area (Å²) in [6.45, 7) is 4.13. The zero-order valence-electron chi connectivity index (χ0n) is 36.2. The van der Waals surface area contributed by atoms with Gasteiger partial charge in [-0.2, -0.15) is 0 Å². The highest BCUT2D eigenvalue weighted by molar-refractivity contribution is 6.14. The minimum Gasteiger partial charge on any atom is -0.455 e. The maximum atomic E-state index is 6.48. The smallest absolute Gasteiger partial charge is 0.143 e. The van der Waals surface area contributed by atoms with Gasteiger partial charge in [-0.1, -0.05) is 201 Å². The zero-order valence-corrected chi connectivity index (χ0v) is 36.2. The molecule has 0 bridgehead atoms. The highest BCUT2D eigenvalue weighted by atomic mass is 16.3. The maximum Gasteiger partial charge on any atom is 0.143 e. The van der Waals surface area contributed by atoms with E-state index in [9.17, 15) is 0 Å². The normalized spacial score (nSPS) is 11.6. The first-order valence-corrected chi connectivity index (χ1v) is 22.5. The highest BCUT2D eigenvalue weighted by Gasteiger charge is 2.18. The molecule has 0 fully saturated rings. The van der Waals surface area contributed by atoms with E-state index < -0.39 is 0 Å². The number of anilines is 3. The van der Waals surface area contributed by atoms with Gasteiger partial charge in [0.15, 0.2) is 0 Å². The number of hydrogen-bond donors (Lipinski definition) is 0. The fourth-order valence-electron chi connectivity index (χ4n) is 9.82. The van der Waals surface area contributed by atoms with Crippen molar-refractivity contribution in [2.75, 3.05) is 4.90 Å². The van der Waals surface area contributed by atoms with Crippen molar-refractivity contribution in [1.82, 2.24) is 0 Å². The number of benzene rings is 11. The van der Waals surface area contributed by atoms with Crippen LogP contribution in [0.3, 0.4) is 0 Å². The van der Waals surface area contributed by atoms with Crippen molar-refractivity contribution < 1.29 is 4.42 Å². The van der Waals surface area contributed by atoms with Gasteiger partial charge in [-0.3, -0.25) is 0 Å². The van der Waals surface area contributed by atoms with Crippen molar-refractivity contribution in [2.24, 2.45) is 0 Å². The number of rotatable bonds is 9. The molecule has 0 amide bonds. The lowest BCUT2D eigenvalue weighted by Crippen LogP contribution is -2.11. The standard InChI is InChI=1S/C64H43NO/c1-2-63-59(60-41-34-46-15-4-9-21-56(46)64(60)66-63)40-35-49-16-6-12-25-62(49)65(52-38-32-48(33-39-52)61-42-50-17-5-8-20-55(50)57-22-10-11-23-58(57)61)51-36-30-44(31-37-51)43-26-28-47(29-27-43)54-24-13-18-45-14-3-7-19-53(45)54/h2-42H,1H2/b40-35+. The van der Waals surface area contributed by atoms with Crippen LogP contribution < -0.4 is 4.90 Å². The average Bonchev–Trinajstić information content (AvgIpc) is 3.76. The molecule has 1 heterocycles. The summed E-state index contributed by atoms with van der Waals surface area (Å²) in [5.41, 5.74) is 13.3. The van der Waals surface area contributed by atoms with Crippen molar-refractivity contribution in [2.45, 2.75) is 0 Å². The lowest BCUT2D eigenvalue weighted by molar-refractivity contribution is 0.607. The van der Waals surface area contributed by atoms with Gasteiger partial charge in [0, 0.05) is 27.7 Å². The summed E-state index contributed by atoms with van der Waals surface area (Å²) in [5.74, 6) is 0.754. The fourth-order valence-corrected chi connectivity index (χ4v) is 9.82. The largest absolute Gasteiger partial charge is 0.455 e. The molecule has 2 nitrogen and oxygen atoms in total. The van der Waals surface area contributed by atoms with Crippen molar-refractivity contribution in [3.05, 3.63) is 254 Å². The van der Waals surface area contributed by atoms with Crippen LogP contribution in [-0.2, 0) is 0 Å². The van der Waals surface area contributed by atoms with E-state index in [1.807, 2.05) is 6.08 Å². The molecule has 0 saturated carbocycles. The third-order valence-corrected chi connectivity index (χ3v) is 13.1. The summed E-state index contributed by atoms with van der Waals surface area (Å²) >= 11 is 0. The number of para-hydroxylation sites is 1. The molecule has 66 heavy (non-hydrogen) atoms. The lowest BCUT2D eigenvalue weighted by atomic mass is 9.93. The van der Waals surface area contributed by atoms with Gasteiger partial charge in [-0.25, -0.2) is 0 Å². The molecule has 0 radical (unpaired) electrons. The van der Waals surface area contributed by atoms with E-state index in [4.69, 9.17) is 4.42 Å². The highest BCUT2D eigenvalue weighted by Crippen LogP contribution is 2.42. The molecule has 0 aliphatic carbocycles. The first-order valence-electron chi connectivity index (χ1n) is 22.5. The second-order valence-electron chi connectivity index (χ2n) is 16.9. The van der Waals surface area contributed by atoms with E-state index in [1.165, 1.54) is 60.1 Å². The van der Waals surface area contributed by atoms with Crippen LogP contribution in [0.5, 0.6) is 0 Å². The minimum absolute atomic E-state index is 0.754. The van der Waals surface area contributed by atoms with E-state index in [0.29, 0.717) is 0 Å². The van der Waals surface area contributed by atoms with Gasteiger partial charge in [0.05, 0.1) is 5.69 Å². The topological polar surface area (TPSA) is 16.4 Å². The molecule has 1 aromatic heterocycles. The summed E-state index contributed by atoms with van der Waals surface area (Å²) in [6, 6.07) is 83.1. The van der Waals surface area contributed by atoms with Crippen LogP contribution in [-0.4, -0.2) is 0 Å². The number of hydrogen-bond acceptors (Lipinski definition) is 2. The van der Waals surface area contributed by atoms with E-state index in [0.717, 1.165) is 61.3 Å².